The molecule has 1 unspecified atom stereocenters. The number of rotatable bonds is 4. The van der Waals surface area contributed by atoms with Crippen molar-refractivity contribution in [1.29, 1.82) is 0 Å². The first-order valence-electron chi connectivity index (χ1n) is 7.84. The molecule has 1 saturated heterocycles. The van der Waals surface area contributed by atoms with Crippen molar-refractivity contribution < 1.29 is 14.4 Å². The molecular formula is C18H18N4O3. The molecule has 3 rings (SSSR count). The van der Waals surface area contributed by atoms with Crippen LogP contribution in [0.1, 0.15) is 13.3 Å². The molecule has 0 spiro atoms. The Balaban J connectivity index is 1.80. The van der Waals surface area contributed by atoms with Crippen molar-refractivity contribution in [2.45, 2.75) is 19.4 Å². The monoisotopic (exact) mass is 338 g/mol. The molecule has 0 bridgehead atoms. The Morgan fingerprint density at radius 1 is 1.24 bits per heavy atom. The number of nitrogens with one attached hydrogen (secondary N) is 1. The zero-order chi connectivity index (χ0) is 18.0. The van der Waals surface area contributed by atoms with Gasteiger partial charge in [-0.1, -0.05) is 0 Å². The molecule has 1 aliphatic rings. The molecule has 1 N–H and O–H groups in total. The SMILES string of the molecule is CC(=O)Nc1ccc(N2C(=O)CC(N(C)c3cccnc3)C2=O)cc1. The van der Waals surface area contributed by atoms with Crippen molar-refractivity contribution >= 4 is 34.8 Å². The summed E-state index contributed by atoms with van der Waals surface area (Å²) in [5.74, 6) is -0.708. The van der Waals surface area contributed by atoms with Gasteiger partial charge in [-0.15, -0.1) is 0 Å². The summed E-state index contributed by atoms with van der Waals surface area (Å²) in [6.45, 7) is 1.42. The number of amides is 3. The molecule has 7 heteroatoms. The minimum atomic E-state index is -0.563. The molecule has 3 amide bonds. The molecule has 1 atom stereocenters. The predicted molar refractivity (Wildman–Crippen MR) is 94.3 cm³/mol. The average Bonchev–Trinajstić information content (AvgIpc) is 2.90. The van der Waals surface area contributed by atoms with Gasteiger partial charge in [-0.2, -0.15) is 0 Å². The lowest BCUT2D eigenvalue weighted by molar-refractivity contribution is -0.121. The summed E-state index contributed by atoms with van der Waals surface area (Å²) in [6.07, 6.45) is 3.42. The standard InChI is InChI=1S/C18H18N4O3/c1-12(23)20-13-5-7-14(8-6-13)22-17(24)10-16(18(22)25)21(2)15-4-3-9-19-11-15/h3-9,11,16H,10H2,1-2H3,(H,20,23). The van der Waals surface area contributed by atoms with Crippen LogP contribution >= 0.6 is 0 Å². The number of benzene rings is 1. The highest BCUT2D eigenvalue weighted by atomic mass is 16.2. The molecule has 1 fully saturated rings. The van der Waals surface area contributed by atoms with Gasteiger partial charge in [0.15, 0.2) is 0 Å². The molecule has 0 saturated carbocycles. The molecule has 2 aromatic rings. The summed E-state index contributed by atoms with van der Waals surface area (Å²) < 4.78 is 0. The lowest BCUT2D eigenvalue weighted by Crippen LogP contribution is -2.40. The summed E-state index contributed by atoms with van der Waals surface area (Å²) in [5.41, 5.74) is 1.88. The zero-order valence-electron chi connectivity index (χ0n) is 14.0. The van der Waals surface area contributed by atoms with Crippen LogP contribution in [0.3, 0.4) is 0 Å². The van der Waals surface area contributed by atoms with E-state index in [1.54, 1.807) is 54.7 Å². The van der Waals surface area contributed by atoms with Gasteiger partial charge in [0, 0.05) is 25.9 Å². The maximum atomic E-state index is 12.8. The second kappa shape index (κ2) is 6.72. The van der Waals surface area contributed by atoms with Crippen LogP contribution in [0.4, 0.5) is 17.1 Å². The van der Waals surface area contributed by atoms with Crippen molar-refractivity contribution in [2.24, 2.45) is 0 Å². The van der Waals surface area contributed by atoms with E-state index in [2.05, 4.69) is 10.3 Å². The number of pyridine rings is 1. The van der Waals surface area contributed by atoms with Gasteiger partial charge in [0.2, 0.25) is 11.8 Å². The fourth-order valence-electron chi connectivity index (χ4n) is 2.83. The zero-order valence-corrected chi connectivity index (χ0v) is 14.0. The molecule has 1 aliphatic heterocycles. The van der Waals surface area contributed by atoms with E-state index in [1.807, 2.05) is 6.07 Å². The number of carbonyl (C=O) groups is 3. The van der Waals surface area contributed by atoms with E-state index in [-0.39, 0.29) is 24.1 Å². The van der Waals surface area contributed by atoms with Crippen LogP contribution in [-0.2, 0) is 14.4 Å². The van der Waals surface area contributed by atoms with Crippen LogP contribution in [0.25, 0.3) is 0 Å². The smallest absolute Gasteiger partial charge is 0.256 e. The quantitative estimate of drug-likeness (QED) is 0.860. The maximum absolute atomic E-state index is 12.8. The van der Waals surface area contributed by atoms with Gasteiger partial charge in [-0.05, 0) is 36.4 Å². The third-order valence-corrected chi connectivity index (χ3v) is 4.09. The van der Waals surface area contributed by atoms with E-state index in [0.717, 1.165) is 5.69 Å². The highest BCUT2D eigenvalue weighted by Crippen LogP contribution is 2.28. The highest BCUT2D eigenvalue weighted by molar-refractivity contribution is 6.23. The van der Waals surface area contributed by atoms with Crippen LogP contribution in [0, 0.1) is 0 Å². The van der Waals surface area contributed by atoms with Crippen molar-refractivity contribution in [3.8, 4) is 0 Å². The van der Waals surface area contributed by atoms with Crippen molar-refractivity contribution in [3.05, 3.63) is 48.8 Å². The lowest BCUT2D eigenvalue weighted by atomic mass is 10.2. The molecular weight excluding hydrogens is 320 g/mol. The number of carbonyl (C=O) groups excluding carboxylic acids is 3. The number of hydrogen-bond donors (Lipinski definition) is 1. The molecule has 2 heterocycles. The Labute approximate surface area is 145 Å². The molecule has 0 aliphatic carbocycles. The normalized spacial score (nSPS) is 16.9. The van der Waals surface area contributed by atoms with Gasteiger partial charge >= 0.3 is 0 Å². The van der Waals surface area contributed by atoms with Gasteiger partial charge in [0.1, 0.15) is 6.04 Å². The third-order valence-electron chi connectivity index (χ3n) is 4.09. The Bertz CT molecular complexity index is 805. The van der Waals surface area contributed by atoms with Crippen LogP contribution in [0.15, 0.2) is 48.8 Å². The second-order valence-electron chi connectivity index (χ2n) is 5.84. The molecule has 7 nitrogen and oxygen atoms in total. The van der Waals surface area contributed by atoms with Gasteiger partial charge in [-0.25, -0.2) is 4.90 Å². The van der Waals surface area contributed by atoms with E-state index in [4.69, 9.17) is 0 Å². The molecule has 1 aromatic carbocycles. The van der Waals surface area contributed by atoms with Gasteiger partial charge in [0.05, 0.1) is 24.0 Å². The van der Waals surface area contributed by atoms with Crippen LogP contribution in [0.2, 0.25) is 0 Å². The Kier molecular flexibility index (Phi) is 4.47. The van der Waals surface area contributed by atoms with Crippen LogP contribution in [-0.4, -0.2) is 35.8 Å². The lowest BCUT2D eigenvalue weighted by Gasteiger charge is -2.24. The molecule has 128 valence electrons. The van der Waals surface area contributed by atoms with Crippen molar-refractivity contribution in [3.63, 3.8) is 0 Å². The highest BCUT2D eigenvalue weighted by Gasteiger charge is 2.41. The number of anilines is 3. The fraction of sp³-hybridized carbons (Fsp3) is 0.222. The summed E-state index contributed by atoms with van der Waals surface area (Å²) in [5, 5.41) is 2.65. The first-order chi connectivity index (χ1) is 12.0. The first kappa shape index (κ1) is 16.6. The van der Waals surface area contributed by atoms with Crippen molar-refractivity contribution in [1.82, 2.24) is 4.98 Å². The molecule has 25 heavy (non-hydrogen) atoms. The van der Waals surface area contributed by atoms with E-state index >= 15 is 0 Å². The predicted octanol–water partition coefficient (Wildman–Crippen LogP) is 1.81. The summed E-state index contributed by atoms with van der Waals surface area (Å²) in [7, 11) is 1.77. The van der Waals surface area contributed by atoms with E-state index < -0.39 is 6.04 Å². The van der Waals surface area contributed by atoms with E-state index in [0.29, 0.717) is 11.4 Å². The number of hydrogen-bond acceptors (Lipinski definition) is 5. The van der Waals surface area contributed by atoms with Gasteiger partial charge < -0.3 is 10.2 Å². The Morgan fingerprint density at radius 2 is 1.96 bits per heavy atom. The topological polar surface area (TPSA) is 82.6 Å². The first-order valence-corrected chi connectivity index (χ1v) is 7.84. The Morgan fingerprint density at radius 3 is 2.56 bits per heavy atom. The van der Waals surface area contributed by atoms with Crippen LogP contribution < -0.4 is 15.1 Å². The fourth-order valence-corrected chi connectivity index (χ4v) is 2.83. The minimum absolute atomic E-state index is 0.109. The molecule has 1 aromatic heterocycles. The number of likely N-dealkylation sites (N-methyl/N-ethyl adjacent to an activating group) is 1. The molecule has 0 radical (unpaired) electrons. The largest absolute Gasteiger partial charge is 0.361 e. The summed E-state index contributed by atoms with van der Waals surface area (Å²) >= 11 is 0. The average molecular weight is 338 g/mol. The van der Waals surface area contributed by atoms with Gasteiger partial charge in [0.25, 0.3) is 5.91 Å². The summed E-state index contributed by atoms with van der Waals surface area (Å²) in [4.78, 5) is 43.2. The number of nitrogens with zero attached hydrogens (tertiary/aromatic N) is 3. The van der Waals surface area contributed by atoms with Crippen molar-refractivity contribution in [2.75, 3.05) is 22.2 Å². The second-order valence-corrected chi connectivity index (χ2v) is 5.84. The van der Waals surface area contributed by atoms with Crippen LogP contribution in [0.5, 0.6) is 0 Å². The maximum Gasteiger partial charge on any atom is 0.256 e. The Hall–Kier alpha value is -3.22. The van der Waals surface area contributed by atoms with Gasteiger partial charge in [-0.3, -0.25) is 19.4 Å². The summed E-state index contributed by atoms with van der Waals surface area (Å²) in [6, 6.07) is 9.68. The van der Waals surface area contributed by atoms with E-state index in [1.165, 1.54) is 11.8 Å². The number of aromatic nitrogens is 1. The number of imide groups is 1. The van der Waals surface area contributed by atoms with E-state index in [9.17, 15) is 14.4 Å². The minimum Gasteiger partial charge on any atom is -0.361 e. The third kappa shape index (κ3) is 3.35.